The number of halogens is 2. The number of rotatable bonds is 3. The van der Waals surface area contributed by atoms with E-state index in [0.717, 1.165) is 18.9 Å². The fourth-order valence-corrected chi connectivity index (χ4v) is 2.17. The average Bonchev–Trinajstić information content (AvgIpc) is 2.15. The first-order valence-corrected chi connectivity index (χ1v) is 5.34. The van der Waals surface area contributed by atoms with E-state index in [0.29, 0.717) is 11.5 Å². The van der Waals surface area contributed by atoms with Crippen LogP contribution in [0, 0.1) is 17.6 Å². The van der Waals surface area contributed by atoms with Crippen LogP contribution in [0.1, 0.15) is 30.9 Å². The molecule has 3 heteroatoms. The van der Waals surface area contributed by atoms with Crippen molar-refractivity contribution in [3.8, 4) is 0 Å². The van der Waals surface area contributed by atoms with Gasteiger partial charge in [0.1, 0.15) is 11.6 Å². The molecule has 2 rings (SSSR count). The van der Waals surface area contributed by atoms with Gasteiger partial charge >= 0.3 is 0 Å². The second-order valence-corrected chi connectivity index (χ2v) is 4.12. The summed E-state index contributed by atoms with van der Waals surface area (Å²) in [6.07, 6.45) is 3.39. The van der Waals surface area contributed by atoms with Crippen LogP contribution in [-0.4, -0.2) is 7.05 Å². The van der Waals surface area contributed by atoms with E-state index in [-0.39, 0.29) is 17.7 Å². The Morgan fingerprint density at radius 1 is 1.33 bits per heavy atom. The lowest BCUT2D eigenvalue weighted by atomic mass is 9.77. The third kappa shape index (κ3) is 2.02. The van der Waals surface area contributed by atoms with Gasteiger partial charge in [0.2, 0.25) is 0 Å². The van der Waals surface area contributed by atoms with Gasteiger partial charge in [-0.2, -0.15) is 0 Å². The first kappa shape index (κ1) is 10.6. The predicted molar refractivity (Wildman–Crippen MR) is 55.5 cm³/mol. The molecular weight excluding hydrogens is 196 g/mol. The van der Waals surface area contributed by atoms with Crippen LogP contribution in [0.2, 0.25) is 0 Å². The van der Waals surface area contributed by atoms with Gasteiger partial charge in [0.25, 0.3) is 0 Å². The topological polar surface area (TPSA) is 12.0 Å². The summed E-state index contributed by atoms with van der Waals surface area (Å²) in [7, 11) is 1.80. The molecule has 1 N–H and O–H groups in total. The molecule has 1 aromatic rings. The predicted octanol–water partition coefficient (Wildman–Crippen LogP) is 3.03. The molecule has 0 bridgehead atoms. The first-order chi connectivity index (χ1) is 7.22. The minimum atomic E-state index is -0.369. The van der Waals surface area contributed by atoms with Crippen molar-refractivity contribution < 1.29 is 8.78 Å². The Labute approximate surface area is 88.5 Å². The maximum atomic E-state index is 13.5. The number of nitrogens with one attached hydrogen (secondary N) is 1. The Kier molecular flexibility index (Phi) is 3.00. The zero-order valence-corrected chi connectivity index (χ0v) is 8.76. The Morgan fingerprint density at radius 2 is 2.07 bits per heavy atom. The molecule has 0 spiro atoms. The monoisotopic (exact) mass is 211 g/mol. The molecule has 0 aromatic heterocycles. The van der Waals surface area contributed by atoms with Crippen molar-refractivity contribution in [3.63, 3.8) is 0 Å². The fraction of sp³-hybridized carbons (Fsp3) is 0.500. The molecule has 1 aromatic carbocycles. The van der Waals surface area contributed by atoms with Gasteiger partial charge in [0, 0.05) is 11.6 Å². The van der Waals surface area contributed by atoms with Gasteiger partial charge in [-0.15, -0.1) is 0 Å². The van der Waals surface area contributed by atoms with Crippen molar-refractivity contribution in [2.24, 2.45) is 5.92 Å². The molecule has 1 nitrogen and oxygen atoms in total. The molecular formula is C12H15F2N. The van der Waals surface area contributed by atoms with E-state index < -0.39 is 0 Å². The zero-order chi connectivity index (χ0) is 10.8. The van der Waals surface area contributed by atoms with Gasteiger partial charge in [-0.05, 0) is 44.0 Å². The highest BCUT2D eigenvalue weighted by molar-refractivity contribution is 5.23. The molecule has 1 saturated carbocycles. The Bertz CT molecular complexity index is 347. The normalized spacial score (nSPS) is 18.6. The highest BCUT2D eigenvalue weighted by Crippen LogP contribution is 2.38. The fourth-order valence-electron chi connectivity index (χ4n) is 2.17. The quantitative estimate of drug-likeness (QED) is 0.810. The summed E-state index contributed by atoms with van der Waals surface area (Å²) in [6.45, 7) is 0. The van der Waals surface area contributed by atoms with Crippen LogP contribution in [0.15, 0.2) is 18.2 Å². The van der Waals surface area contributed by atoms with E-state index in [1.54, 1.807) is 7.05 Å². The number of benzene rings is 1. The highest BCUT2D eigenvalue weighted by Gasteiger charge is 2.29. The lowest BCUT2D eigenvalue weighted by molar-refractivity contribution is 0.235. The second-order valence-electron chi connectivity index (χ2n) is 4.12. The lowest BCUT2D eigenvalue weighted by Gasteiger charge is -2.34. The van der Waals surface area contributed by atoms with Crippen LogP contribution in [0.4, 0.5) is 8.78 Å². The highest BCUT2D eigenvalue weighted by atomic mass is 19.1. The Hall–Kier alpha value is -0.960. The largest absolute Gasteiger partial charge is 0.313 e. The molecule has 0 aliphatic heterocycles. The van der Waals surface area contributed by atoms with Crippen molar-refractivity contribution in [3.05, 3.63) is 35.4 Å². The summed E-state index contributed by atoms with van der Waals surface area (Å²) in [5.74, 6) is -0.236. The lowest BCUT2D eigenvalue weighted by Crippen LogP contribution is -2.30. The summed E-state index contributed by atoms with van der Waals surface area (Å²) in [5.41, 5.74) is 0.460. The molecule has 0 radical (unpaired) electrons. The van der Waals surface area contributed by atoms with Crippen LogP contribution in [-0.2, 0) is 0 Å². The molecule has 0 heterocycles. The van der Waals surface area contributed by atoms with Crippen LogP contribution in [0.3, 0.4) is 0 Å². The summed E-state index contributed by atoms with van der Waals surface area (Å²) in [5, 5.41) is 3.08. The molecule has 1 atom stereocenters. The third-order valence-corrected chi connectivity index (χ3v) is 3.23. The van der Waals surface area contributed by atoms with Crippen LogP contribution in [0.25, 0.3) is 0 Å². The van der Waals surface area contributed by atoms with E-state index in [9.17, 15) is 8.78 Å². The van der Waals surface area contributed by atoms with E-state index >= 15 is 0 Å². The van der Waals surface area contributed by atoms with E-state index in [4.69, 9.17) is 0 Å². The van der Waals surface area contributed by atoms with Gasteiger partial charge < -0.3 is 5.32 Å². The van der Waals surface area contributed by atoms with Gasteiger partial charge in [0.15, 0.2) is 0 Å². The van der Waals surface area contributed by atoms with Crippen molar-refractivity contribution >= 4 is 0 Å². The van der Waals surface area contributed by atoms with Gasteiger partial charge in [-0.25, -0.2) is 8.78 Å². The maximum Gasteiger partial charge on any atom is 0.128 e. The zero-order valence-electron chi connectivity index (χ0n) is 8.76. The van der Waals surface area contributed by atoms with Crippen molar-refractivity contribution in [1.29, 1.82) is 0 Å². The number of hydrogen-bond donors (Lipinski definition) is 1. The van der Waals surface area contributed by atoms with Crippen molar-refractivity contribution in [2.45, 2.75) is 25.3 Å². The minimum absolute atomic E-state index is 0.0468. The van der Waals surface area contributed by atoms with Crippen LogP contribution in [0.5, 0.6) is 0 Å². The Morgan fingerprint density at radius 3 is 2.60 bits per heavy atom. The SMILES string of the molecule is CNC(c1cc(F)ccc1F)C1CCC1. The molecule has 1 aliphatic rings. The molecule has 82 valence electrons. The van der Waals surface area contributed by atoms with E-state index in [1.165, 1.54) is 18.6 Å². The van der Waals surface area contributed by atoms with Crippen molar-refractivity contribution in [2.75, 3.05) is 7.05 Å². The summed E-state index contributed by atoms with van der Waals surface area (Å²) < 4.78 is 26.6. The summed E-state index contributed by atoms with van der Waals surface area (Å²) in [4.78, 5) is 0. The Balaban J connectivity index is 2.28. The molecule has 1 aliphatic carbocycles. The molecule has 0 amide bonds. The van der Waals surface area contributed by atoms with Crippen LogP contribution < -0.4 is 5.32 Å². The maximum absolute atomic E-state index is 13.5. The van der Waals surface area contributed by atoms with Gasteiger partial charge in [-0.1, -0.05) is 6.42 Å². The average molecular weight is 211 g/mol. The standard InChI is InChI=1S/C12H15F2N/c1-15-12(8-3-2-4-8)10-7-9(13)5-6-11(10)14/h5-8,12,15H,2-4H2,1H3. The van der Waals surface area contributed by atoms with Gasteiger partial charge in [0.05, 0.1) is 0 Å². The molecule has 0 saturated heterocycles. The minimum Gasteiger partial charge on any atom is -0.313 e. The summed E-state index contributed by atoms with van der Waals surface area (Å²) >= 11 is 0. The number of hydrogen-bond acceptors (Lipinski definition) is 1. The van der Waals surface area contributed by atoms with Crippen molar-refractivity contribution in [1.82, 2.24) is 5.32 Å². The molecule has 1 unspecified atom stereocenters. The molecule has 15 heavy (non-hydrogen) atoms. The van der Waals surface area contributed by atoms with Gasteiger partial charge in [-0.3, -0.25) is 0 Å². The van der Waals surface area contributed by atoms with E-state index in [1.807, 2.05) is 0 Å². The van der Waals surface area contributed by atoms with E-state index in [2.05, 4.69) is 5.32 Å². The smallest absolute Gasteiger partial charge is 0.128 e. The first-order valence-electron chi connectivity index (χ1n) is 5.34. The summed E-state index contributed by atoms with van der Waals surface area (Å²) in [6, 6.07) is 3.61. The molecule has 1 fully saturated rings. The third-order valence-electron chi connectivity index (χ3n) is 3.23. The van der Waals surface area contributed by atoms with Crippen LogP contribution >= 0.6 is 0 Å². The second kappa shape index (κ2) is 4.27.